The van der Waals surface area contributed by atoms with Gasteiger partial charge < -0.3 is 69.3 Å². The summed E-state index contributed by atoms with van der Waals surface area (Å²) in [5, 5.41) is 37.1. The number of allylic oxidation sites excluding steroid dienone is 1. The molecule has 0 heterocycles. The minimum Gasteiger partial charge on any atom is -0.872 e. The Bertz CT molecular complexity index is 982. The van der Waals surface area contributed by atoms with E-state index in [1.807, 2.05) is 6.07 Å². The van der Waals surface area contributed by atoms with Gasteiger partial charge in [0.2, 0.25) is 0 Å². The monoisotopic (exact) mass is 741 g/mol. The first-order valence-electron chi connectivity index (χ1n) is 17.5. The molecule has 0 aliphatic heterocycles. The third kappa shape index (κ3) is 44.6. The molecule has 1 aliphatic rings. The molecule has 0 bridgehead atoms. The lowest BCUT2D eigenvalue weighted by atomic mass is 10.0. The normalized spacial score (nSPS) is 11.2. The molecular formula is C38H67N3O11. The van der Waals surface area contributed by atoms with Crippen LogP contribution in [0.15, 0.2) is 72.3 Å². The Labute approximate surface area is 311 Å². The number of carboxylic acids is 2. The number of hydrogen-bond acceptors (Lipinski definition) is 11. The van der Waals surface area contributed by atoms with Crippen molar-refractivity contribution < 1.29 is 69.3 Å². The number of carboxylic acid groups (broad SMARTS) is 2. The summed E-state index contributed by atoms with van der Waals surface area (Å²) in [6, 6.07) is 16.4. The number of aliphatic carboxylic acids is 1. The summed E-state index contributed by atoms with van der Waals surface area (Å²) >= 11 is 0. The van der Waals surface area contributed by atoms with Crippen LogP contribution in [-0.4, -0.2) is 134 Å². The quantitative estimate of drug-likeness (QED) is 0.122. The molecule has 3 rings (SSSR count). The minimum absolute atomic E-state index is 0.0718. The van der Waals surface area contributed by atoms with Crippen molar-refractivity contribution in [1.29, 1.82) is 0 Å². The number of ether oxygens (including phenoxy) is 6. The molecule has 0 amide bonds. The van der Waals surface area contributed by atoms with Gasteiger partial charge in [0.05, 0.1) is 90.8 Å². The van der Waals surface area contributed by atoms with Crippen molar-refractivity contribution >= 4 is 11.9 Å². The molecular weight excluding hydrogens is 674 g/mol. The van der Waals surface area contributed by atoms with Gasteiger partial charge in [0, 0.05) is 42.7 Å². The van der Waals surface area contributed by atoms with Crippen molar-refractivity contribution in [2.24, 2.45) is 0 Å². The highest BCUT2D eigenvalue weighted by atomic mass is 16.5. The van der Waals surface area contributed by atoms with Crippen molar-refractivity contribution in [3.8, 4) is 5.75 Å². The number of carbonyl (C=O) groups excluding carboxylic acids is 2. The smallest absolute Gasteiger partial charge is 0.0993 e. The second-order valence-electron chi connectivity index (χ2n) is 10.8. The van der Waals surface area contributed by atoms with Crippen LogP contribution in [0, 0.1) is 0 Å². The molecule has 0 atom stereocenters. The van der Waals surface area contributed by atoms with Gasteiger partial charge in [-0.3, -0.25) is 0 Å². The summed E-state index contributed by atoms with van der Waals surface area (Å²) in [6.07, 6.45) is 5.49. The maximum Gasteiger partial charge on any atom is 0.0993 e. The summed E-state index contributed by atoms with van der Waals surface area (Å²) < 4.78 is 29.1. The summed E-state index contributed by atoms with van der Waals surface area (Å²) in [7, 11) is 10.3. The van der Waals surface area contributed by atoms with E-state index in [0.29, 0.717) is 12.0 Å². The summed E-state index contributed by atoms with van der Waals surface area (Å²) in [6.45, 7) is 11.1. The van der Waals surface area contributed by atoms with E-state index in [1.165, 1.54) is 24.3 Å². The van der Waals surface area contributed by atoms with E-state index in [1.54, 1.807) is 79.1 Å². The predicted octanol–water partition coefficient (Wildman–Crippen LogP) is -2.43. The molecule has 6 N–H and O–H groups in total. The number of hydrogen-bond donors (Lipinski definition) is 3. The number of quaternary nitrogens is 3. The lowest BCUT2D eigenvalue weighted by Crippen LogP contribution is -2.86. The van der Waals surface area contributed by atoms with Crippen LogP contribution in [-0.2, 0) is 33.2 Å². The molecule has 0 unspecified atom stereocenters. The van der Waals surface area contributed by atoms with Gasteiger partial charge >= 0.3 is 0 Å². The second-order valence-corrected chi connectivity index (χ2v) is 10.8. The molecule has 0 radical (unpaired) electrons. The highest BCUT2D eigenvalue weighted by Crippen LogP contribution is 2.15. The topological polar surface area (TPSA) is 209 Å². The fourth-order valence-corrected chi connectivity index (χ4v) is 3.66. The molecule has 14 heteroatoms. The van der Waals surface area contributed by atoms with E-state index in [0.717, 1.165) is 98.2 Å². The largest absolute Gasteiger partial charge is 0.872 e. The van der Waals surface area contributed by atoms with Gasteiger partial charge in [0.15, 0.2) is 0 Å². The molecule has 52 heavy (non-hydrogen) atoms. The zero-order chi connectivity index (χ0) is 39.3. The van der Waals surface area contributed by atoms with Crippen molar-refractivity contribution in [3.05, 3.63) is 77.9 Å². The second kappa shape index (κ2) is 45.6. The molecule has 0 saturated carbocycles. The molecule has 0 spiro atoms. The Morgan fingerprint density at radius 1 is 0.538 bits per heavy atom. The van der Waals surface area contributed by atoms with Gasteiger partial charge in [-0.05, 0) is 36.8 Å². The third-order valence-corrected chi connectivity index (χ3v) is 6.46. The molecule has 2 aromatic carbocycles. The fourth-order valence-electron chi connectivity index (χ4n) is 3.66. The first kappa shape index (κ1) is 52.9. The van der Waals surface area contributed by atoms with Gasteiger partial charge in [0.25, 0.3) is 0 Å². The van der Waals surface area contributed by atoms with Crippen LogP contribution < -0.4 is 31.3 Å². The standard InChI is InChI=1S/C7H10O2.C7H6O2.3C6H15NO2.C6H6O/c2*8-7(9)6-4-2-1-3-5-6;3*1-8-5-3-7-4-6-9-2;7-6-4-2-1-3-5-6/h4H,1-3,5H2,(H,8,9);1-5H,(H,8,9);3*7H,3-6H2,1-2H3;1-5,7H. The predicted molar refractivity (Wildman–Crippen MR) is 194 cm³/mol. The lowest BCUT2D eigenvalue weighted by Gasteiger charge is -2.12. The average Bonchev–Trinajstić information content (AvgIpc) is 3.17. The molecule has 300 valence electrons. The van der Waals surface area contributed by atoms with Gasteiger partial charge in [0.1, 0.15) is 0 Å². The van der Waals surface area contributed by atoms with Crippen LogP contribution in [0.25, 0.3) is 0 Å². The van der Waals surface area contributed by atoms with E-state index < -0.39 is 11.9 Å². The Morgan fingerprint density at radius 2 is 0.885 bits per heavy atom. The van der Waals surface area contributed by atoms with Crippen molar-refractivity contribution in [1.82, 2.24) is 0 Å². The number of rotatable bonds is 20. The molecule has 0 saturated heterocycles. The summed E-state index contributed by atoms with van der Waals surface area (Å²) in [5.74, 6) is -2.05. The van der Waals surface area contributed by atoms with Crippen LogP contribution in [0.4, 0.5) is 0 Å². The van der Waals surface area contributed by atoms with Gasteiger partial charge in [-0.25, -0.2) is 0 Å². The zero-order valence-electron chi connectivity index (χ0n) is 32.4. The SMILES string of the molecule is COCC[NH2+]CCOC.COCC[NH2+]CCOC.COCC[NH2+]CCOC.O=C([O-])C1=CCCCC1.O=C([O-])c1ccccc1.[O-]c1ccccc1. The Balaban J connectivity index is -0.000000555. The molecule has 0 fully saturated rings. The molecule has 0 aromatic heterocycles. The minimum atomic E-state index is -1.13. The number of aromatic carboxylic acids is 1. The van der Waals surface area contributed by atoms with Gasteiger partial charge in [-0.15, -0.1) is 5.75 Å². The number of nitrogens with two attached hydrogens (primary N) is 3. The Hall–Kier alpha value is -3.44. The number of benzene rings is 2. The van der Waals surface area contributed by atoms with Crippen molar-refractivity contribution in [2.45, 2.75) is 25.7 Å². The summed E-state index contributed by atoms with van der Waals surface area (Å²) in [4.78, 5) is 20.3. The van der Waals surface area contributed by atoms with E-state index in [9.17, 15) is 24.9 Å². The van der Waals surface area contributed by atoms with Crippen LogP contribution in [0.5, 0.6) is 5.75 Å². The highest BCUT2D eigenvalue weighted by Gasteiger charge is 2.02. The first-order valence-corrected chi connectivity index (χ1v) is 17.5. The molecule has 14 nitrogen and oxygen atoms in total. The fraction of sp³-hybridized carbons (Fsp3) is 0.579. The van der Waals surface area contributed by atoms with E-state index in [-0.39, 0.29) is 11.3 Å². The maximum atomic E-state index is 10.3. The van der Waals surface area contributed by atoms with Gasteiger partial charge in [-0.2, -0.15) is 0 Å². The maximum absolute atomic E-state index is 10.3. The number of para-hydroxylation sites is 1. The highest BCUT2D eigenvalue weighted by molar-refractivity contribution is 5.85. The Kier molecular flexibility index (Phi) is 46.4. The van der Waals surface area contributed by atoms with Crippen LogP contribution in [0.1, 0.15) is 36.0 Å². The van der Waals surface area contributed by atoms with Crippen molar-refractivity contribution in [2.75, 3.05) is 122 Å². The first-order chi connectivity index (χ1) is 25.2. The molecule has 1 aliphatic carbocycles. The van der Waals surface area contributed by atoms with E-state index in [2.05, 4.69) is 16.0 Å². The van der Waals surface area contributed by atoms with E-state index in [4.69, 9.17) is 28.4 Å². The van der Waals surface area contributed by atoms with Gasteiger partial charge in [-0.1, -0.05) is 66.7 Å². The van der Waals surface area contributed by atoms with Crippen LogP contribution >= 0.6 is 0 Å². The third-order valence-electron chi connectivity index (χ3n) is 6.46. The average molecular weight is 742 g/mol. The van der Waals surface area contributed by atoms with Crippen LogP contribution in [0.2, 0.25) is 0 Å². The zero-order valence-corrected chi connectivity index (χ0v) is 32.4. The molecule has 2 aromatic rings. The summed E-state index contributed by atoms with van der Waals surface area (Å²) in [5.41, 5.74) is 0.707. The number of carbonyl (C=O) groups is 2. The van der Waals surface area contributed by atoms with E-state index >= 15 is 0 Å². The number of methoxy groups -OCH3 is 6. The van der Waals surface area contributed by atoms with Crippen molar-refractivity contribution in [3.63, 3.8) is 0 Å². The van der Waals surface area contributed by atoms with Crippen LogP contribution in [0.3, 0.4) is 0 Å². The lowest BCUT2D eigenvalue weighted by molar-refractivity contribution is -0.657. The Morgan fingerprint density at radius 3 is 1.08 bits per heavy atom.